The van der Waals surface area contributed by atoms with Gasteiger partial charge in [-0.15, -0.1) is 0 Å². The van der Waals surface area contributed by atoms with Gasteiger partial charge in [0.2, 0.25) is 0 Å². The van der Waals surface area contributed by atoms with E-state index in [1.807, 2.05) is 19.1 Å². The lowest BCUT2D eigenvalue weighted by Crippen LogP contribution is -2.52. The average molecular weight is 204 g/mol. The van der Waals surface area contributed by atoms with Gasteiger partial charge in [-0.2, -0.15) is 0 Å². The van der Waals surface area contributed by atoms with Crippen LogP contribution in [0.25, 0.3) is 0 Å². The van der Waals surface area contributed by atoms with Crippen molar-refractivity contribution in [3.63, 3.8) is 0 Å². The molecule has 1 fully saturated rings. The van der Waals surface area contributed by atoms with Gasteiger partial charge in [-0.25, -0.2) is 0 Å². The Labute approximate surface area is 89.9 Å². The molecule has 0 spiro atoms. The van der Waals surface area contributed by atoms with Gasteiger partial charge in [-0.1, -0.05) is 38.1 Å². The molecule has 1 aromatic carbocycles. The first-order valence-corrected chi connectivity index (χ1v) is 5.43. The maximum absolute atomic E-state index is 10.5. The predicted molar refractivity (Wildman–Crippen MR) is 57.7 cm³/mol. The average Bonchev–Trinajstić information content (AvgIpc) is 2.96. The Hall–Kier alpha value is -0.860. The molecule has 1 aromatic rings. The highest BCUT2D eigenvalue weighted by atomic mass is 16.6. The molecule has 3 atom stereocenters. The summed E-state index contributed by atoms with van der Waals surface area (Å²) in [7, 11) is 0. The monoisotopic (exact) mass is 204 g/mol. The van der Waals surface area contributed by atoms with Crippen molar-refractivity contribution in [3.05, 3.63) is 35.4 Å². The highest BCUT2D eigenvalue weighted by molar-refractivity contribution is 5.45. The van der Waals surface area contributed by atoms with E-state index in [4.69, 9.17) is 4.74 Å². The first-order chi connectivity index (χ1) is 6.96. The van der Waals surface area contributed by atoms with Crippen LogP contribution in [0, 0.1) is 0 Å². The van der Waals surface area contributed by atoms with Crippen LogP contribution >= 0.6 is 0 Å². The molecule has 2 heteroatoms. The van der Waals surface area contributed by atoms with Crippen LogP contribution in [0.15, 0.2) is 24.3 Å². The Morgan fingerprint density at radius 3 is 2.60 bits per heavy atom. The van der Waals surface area contributed by atoms with Crippen molar-refractivity contribution in [1.29, 1.82) is 0 Å². The number of benzene rings is 1. The minimum atomic E-state index is -0.772. The third-order valence-corrected chi connectivity index (χ3v) is 4.25. The van der Waals surface area contributed by atoms with E-state index in [1.54, 1.807) is 0 Å². The second-order valence-corrected chi connectivity index (χ2v) is 5.34. The molecule has 0 amide bonds. The van der Waals surface area contributed by atoms with Gasteiger partial charge >= 0.3 is 0 Å². The van der Waals surface area contributed by atoms with E-state index in [0.717, 1.165) is 0 Å². The third-order valence-electron chi connectivity index (χ3n) is 4.25. The van der Waals surface area contributed by atoms with E-state index in [0.29, 0.717) is 0 Å². The molecule has 0 saturated carbocycles. The molecule has 0 unspecified atom stereocenters. The van der Waals surface area contributed by atoms with Crippen molar-refractivity contribution >= 4 is 0 Å². The zero-order valence-corrected chi connectivity index (χ0v) is 9.32. The van der Waals surface area contributed by atoms with E-state index in [2.05, 4.69) is 26.0 Å². The molecular weight excluding hydrogens is 188 g/mol. The van der Waals surface area contributed by atoms with Gasteiger partial charge in [0, 0.05) is 5.41 Å². The molecule has 2 nitrogen and oxygen atoms in total. The van der Waals surface area contributed by atoms with E-state index < -0.39 is 5.60 Å². The van der Waals surface area contributed by atoms with Crippen molar-refractivity contribution in [1.82, 2.24) is 0 Å². The molecule has 3 rings (SSSR count). The topological polar surface area (TPSA) is 32.8 Å². The molecule has 80 valence electrons. The van der Waals surface area contributed by atoms with Crippen molar-refractivity contribution in [3.8, 4) is 0 Å². The second kappa shape index (κ2) is 2.45. The Bertz CT molecular complexity index is 420. The molecule has 1 saturated heterocycles. The molecule has 15 heavy (non-hydrogen) atoms. The largest absolute Gasteiger partial charge is 0.386 e. The van der Waals surface area contributed by atoms with E-state index in [1.165, 1.54) is 11.1 Å². The van der Waals surface area contributed by atoms with Crippen LogP contribution < -0.4 is 0 Å². The van der Waals surface area contributed by atoms with Gasteiger partial charge in [0.15, 0.2) is 0 Å². The van der Waals surface area contributed by atoms with Crippen LogP contribution in [-0.2, 0) is 10.2 Å². The number of ether oxygens (including phenoxy) is 1. The quantitative estimate of drug-likeness (QED) is 0.657. The maximum atomic E-state index is 10.5. The van der Waals surface area contributed by atoms with Gasteiger partial charge in [0.1, 0.15) is 12.2 Å². The van der Waals surface area contributed by atoms with Crippen LogP contribution in [0.4, 0.5) is 0 Å². The van der Waals surface area contributed by atoms with Gasteiger partial charge < -0.3 is 9.84 Å². The first-order valence-electron chi connectivity index (χ1n) is 5.43. The summed E-state index contributed by atoms with van der Waals surface area (Å²) in [5.41, 5.74) is 1.44. The Morgan fingerprint density at radius 2 is 1.87 bits per heavy atom. The van der Waals surface area contributed by atoms with E-state index >= 15 is 0 Å². The van der Waals surface area contributed by atoms with Gasteiger partial charge in [0.05, 0.1) is 5.60 Å². The molecule has 1 heterocycles. The summed E-state index contributed by atoms with van der Waals surface area (Å²) in [6.45, 7) is 6.06. The van der Waals surface area contributed by atoms with Crippen molar-refractivity contribution in [2.45, 2.75) is 44.0 Å². The van der Waals surface area contributed by atoms with Crippen molar-refractivity contribution in [2.24, 2.45) is 0 Å². The van der Waals surface area contributed by atoms with E-state index in [9.17, 15) is 5.11 Å². The molecule has 0 aromatic heterocycles. The molecule has 1 aliphatic carbocycles. The molecule has 2 aliphatic rings. The zero-order valence-electron chi connectivity index (χ0n) is 9.32. The van der Waals surface area contributed by atoms with Gasteiger partial charge in [-0.3, -0.25) is 0 Å². The SMILES string of the molecule is CC1(C)c2ccccc2[C@H]2O[C@H]2[C@@]1(C)O. The number of rotatable bonds is 0. The second-order valence-electron chi connectivity index (χ2n) is 5.34. The minimum absolute atomic E-state index is 0.0256. The number of fused-ring (bicyclic) bond motifs is 3. The molecule has 0 bridgehead atoms. The summed E-state index contributed by atoms with van der Waals surface area (Å²) in [6, 6.07) is 8.27. The minimum Gasteiger partial charge on any atom is -0.386 e. The highest BCUT2D eigenvalue weighted by Gasteiger charge is 2.63. The predicted octanol–water partition coefficient (Wildman–Crippen LogP) is 2.17. The van der Waals surface area contributed by atoms with Crippen LogP contribution in [0.5, 0.6) is 0 Å². The van der Waals surface area contributed by atoms with Crippen LogP contribution in [-0.4, -0.2) is 16.8 Å². The van der Waals surface area contributed by atoms with Crippen molar-refractivity contribution in [2.75, 3.05) is 0 Å². The zero-order chi connectivity index (χ0) is 10.8. The molecular formula is C13H16O2. The fourth-order valence-corrected chi connectivity index (χ4v) is 2.72. The summed E-state index contributed by atoms with van der Waals surface area (Å²) in [5.74, 6) is 0. The Morgan fingerprint density at radius 1 is 1.20 bits per heavy atom. The van der Waals surface area contributed by atoms with E-state index in [-0.39, 0.29) is 17.6 Å². The normalized spacial score (nSPS) is 40.5. The summed E-state index contributed by atoms with van der Waals surface area (Å²) >= 11 is 0. The smallest absolute Gasteiger partial charge is 0.118 e. The lowest BCUT2D eigenvalue weighted by molar-refractivity contribution is -0.0339. The highest BCUT2D eigenvalue weighted by Crippen LogP contribution is 2.58. The Kier molecular flexibility index (Phi) is 1.53. The lowest BCUT2D eigenvalue weighted by atomic mass is 9.63. The summed E-state index contributed by atoms with van der Waals surface area (Å²) in [6.07, 6.45) is 0.0895. The summed E-state index contributed by atoms with van der Waals surface area (Å²) in [5, 5.41) is 10.5. The standard InChI is InChI=1S/C13H16O2/c1-12(2)9-7-5-4-6-8(9)10-11(15-10)13(12,3)14/h4-7,10-11,14H,1-3H3/t10-,11-,13-/m1/s1. The molecule has 0 radical (unpaired) electrons. The van der Waals surface area contributed by atoms with Crippen LogP contribution in [0.1, 0.15) is 38.0 Å². The fraction of sp³-hybridized carbons (Fsp3) is 0.538. The fourth-order valence-electron chi connectivity index (χ4n) is 2.72. The van der Waals surface area contributed by atoms with Gasteiger partial charge in [0.25, 0.3) is 0 Å². The van der Waals surface area contributed by atoms with Gasteiger partial charge in [-0.05, 0) is 18.1 Å². The lowest BCUT2D eigenvalue weighted by Gasteiger charge is -2.43. The number of hydrogen-bond acceptors (Lipinski definition) is 2. The maximum Gasteiger partial charge on any atom is 0.118 e. The summed E-state index contributed by atoms with van der Waals surface area (Å²) in [4.78, 5) is 0. The first kappa shape index (κ1) is 9.37. The van der Waals surface area contributed by atoms with Crippen LogP contribution in [0.2, 0.25) is 0 Å². The molecule has 1 N–H and O–H groups in total. The number of aliphatic hydroxyl groups is 1. The van der Waals surface area contributed by atoms with Crippen molar-refractivity contribution < 1.29 is 9.84 Å². The Balaban J connectivity index is 2.25. The number of hydrogen-bond donors (Lipinski definition) is 1. The third kappa shape index (κ3) is 0.963. The summed E-state index contributed by atoms with van der Waals surface area (Å²) < 4.78 is 5.61. The number of epoxide rings is 1. The van der Waals surface area contributed by atoms with Crippen LogP contribution in [0.3, 0.4) is 0 Å². The molecule has 1 aliphatic heterocycles.